The molecule has 0 aliphatic carbocycles. The molecule has 0 fully saturated rings. The Morgan fingerprint density at radius 3 is 1.44 bits per heavy atom. The van der Waals surface area contributed by atoms with E-state index in [0.717, 1.165) is 5.56 Å². The van der Waals surface area contributed by atoms with Crippen molar-refractivity contribution in [1.82, 2.24) is 21.3 Å². The van der Waals surface area contributed by atoms with Crippen molar-refractivity contribution >= 4 is 59.3 Å². The van der Waals surface area contributed by atoms with Gasteiger partial charge in [0.05, 0.1) is 31.3 Å². The molecule has 4 rings (SSSR count). The first-order chi connectivity index (χ1) is 37.0. The van der Waals surface area contributed by atoms with Crippen LogP contribution in [0.2, 0.25) is 0 Å². The molecule has 0 saturated heterocycles. The van der Waals surface area contributed by atoms with E-state index in [-0.39, 0.29) is 39.3 Å². The Hall–Kier alpha value is -8.22. The fourth-order valence-corrected chi connectivity index (χ4v) is 7.74. The number of esters is 3. The monoisotopic (exact) mass is 1060 g/mol. The second kappa shape index (κ2) is 33.6. The Morgan fingerprint density at radius 1 is 0.481 bits per heavy atom. The number of carboxylic acids is 1. The maximum atomic E-state index is 14.3. The van der Waals surface area contributed by atoms with Crippen molar-refractivity contribution in [1.29, 1.82) is 0 Å². The summed E-state index contributed by atoms with van der Waals surface area (Å²) in [5, 5.41) is 20.2. The summed E-state index contributed by atoms with van der Waals surface area (Å²) < 4.78 is 21.3. The number of benzene rings is 4. The molecule has 5 atom stereocenters. The van der Waals surface area contributed by atoms with Gasteiger partial charge in [-0.25, -0.2) is 9.59 Å². The fraction of sp³-hybridized carbons (Fsp3) is 0.414. The van der Waals surface area contributed by atoms with Crippen molar-refractivity contribution in [3.63, 3.8) is 0 Å². The predicted molar refractivity (Wildman–Crippen MR) is 280 cm³/mol. The lowest BCUT2D eigenvalue weighted by atomic mass is 9.86. The Balaban J connectivity index is 1.43. The van der Waals surface area contributed by atoms with Crippen LogP contribution in [0.25, 0.3) is 0 Å². The molecule has 0 heterocycles. The summed E-state index contributed by atoms with van der Waals surface area (Å²) in [6, 6.07) is 32.2. The standard InChI is InChI=1S/C58H70N4O15/c1-39(2)47(56(70)62-49(57(71)72)33-53(67)76-37-43-23-12-6-13-24-43)32-50(64)48(27-28-51(65)74-35-41-19-8-4-9-20-41)61-55(69)45(31-52(66)75-36-42-21-10-5-11-22-42)30-46(63)34-60-54(68)40(3)18-16-17-29-59-58(73)77-38-44-25-14-7-15-26-44/h4-15,19-26,39-40,45,47-49H,16-18,27-38H2,1-3H3,(H,59,73)(H,60,68)(H,61,69)(H,62,70)(H,71,72)/t40-,45-,47-,48-,49-/m0/s1. The molecule has 19 nitrogen and oxygen atoms in total. The summed E-state index contributed by atoms with van der Waals surface area (Å²) >= 11 is 0. The molecule has 5 N–H and O–H groups in total. The van der Waals surface area contributed by atoms with Crippen molar-refractivity contribution in [2.75, 3.05) is 13.1 Å². The summed E-state index contributed by atoms with van der Waals surface area (Å²) in [7, 11) is 0. The number of unbranched alkanes of at least 4 members (excludes halogenated alkanes) is 1. The maximum absolute atomic E-state index is 14.3. The number of hydrogen-bond acceptors (Lipinski definition) is 14. The third-order valence-electron chi connectivity index (χ3n) is 12.3. The van der Waals surface area contributed by atoms with Crippen LogP contribution in [0.15, 0.2) is 121 Å². The highest BCUT2D eigenvalue weighted by Crippen LogP contribution is 2.21. The molecule has 0 aromatic heterocycles. The fourth-order valence-electron chi connectivity index (χ4n) is 7.74. The van der Waals surface area contributed by atoms with E-state index in [4.69, 9.17) is 18.9 Å². The highest BCUT2D eigenvalue weighted by atomic mass is 16.6. The van der Waals surface area contributed by atoms with E-state index in [0.29, 0.717) is 42.5 Å². The normalized spacial score (nSPS) is 12.8. The highest BCUT2D eigenvalue weighted by molar-refractivity contribution is 5.97. The Bertz CT molecular complexity index is 2550. The molecule has 0 aliphatic heterocycles. The number of rotatable bonds is 34. The van der Waals surface area contributed by atoms with Crippen LogP contribution in [0.1, 0.15) is 101 Å². The van der Waals surface area contributed by atoms with E-state index in [2.05, 4.69) is 21.3 Å². The molecule has 0 saturated carbocycles. The van der Waals surface area contributed by atoms with Crippen LogP contribution in [-0.2, 0) is 88.5 Å². The van der Waals surface area contributed by atoms with Gasteiger partial charge in [-0.05, 0) is 47.4 Å². The van der Waals surface area contributed by atoms with Gasteiger partial charge in [0, 0.05) is 37.6 Å². The van der Waals surface area contributed by atoms with Crippen LogP contribution >= 0.6 is 0 Å². The third kappa shape index (κ3) is 24.3. The molecule has 77 heavy (non-hydrogen) atoms. The van der Waals surface area contributed by atoms with E-state index in [9.17, 15) is 53.1 Å². The molecule has 0 aliphatic rings. The maximum Gasteiger partial charge on any atom is 0.407 e. The van der Waals surface area contributed by atoms with Gasteiger partial charge >= 0.3 is 30.0 Å². The molecule has 412 valence electrons. The zero-order chi connectivity index (χ0) is 56.0. The molecule has 19 heteroatoms. The van der Waals surface area contributed by atoms with Gasteiger partial charge in [0.15, 0.2) is 11.6 Å². The molecule has 0 bridgehead atoms. The number of amides is 4. The lowest BCUT2D eigenvalue weighted by Crippen LogP contribution is -2.49. The molecule has 4 aromatic carbocycles. The molecule has 0 radical (unpaired) electrons. The van der Waals surface area contributed by atoms with Gasteiger partial charge in [-0.2, -0.15) is 0 Å². The summed E-state index contributed by atoms with van der Waals surface area (Å²) in [4.78, 5) is 132. The summed E-state index contributed by atoms with van der Waals surface area (Å²) in [5.41, 5.74) is 2.85. The predicted octanol–water partition coefficient (Wildman–Crippen LogP) is 6.49. The van der Waals surface area contributed by atoms with Gasteiger partial charge in [0.25, 0.3) is 0 Å². The smallest absolute Gasteiger partial charge is 0.407 e. The molecule has 4 amide bonds. The SMILES string of the molecule is CC(C)[C@H](CC(=O)[C@H](CCC(=O)OCc1ccccc1)NC(=O)[C@@H](CC(=O)CNC(=O)[C@@H](C)CCCCNC(=O)OCc1ccccc1)CC(=O)OCc1ccccc1)C(=O)N[C@@H](CC(=O)OCc1ccccc1)C(=O)O. The third-order valence-corrected chi connectivity index (χ3v) is 12.3. The first kappa shape index (κ1) is 61.3. The minimum Gasteiger partial charge on any atom is -0.480 e. The number of ketones is 2. The van der Waals surface area contributed by atoms with Crippen LogP contribution < -0.4 is 21.3 Å². The van der Waals surface area contributed by atoms with Crippen molar-refractivity contribution in [2.45, 2.75) is 117 Å². The van der Waals surface area contributed by atoms with Gasteiger partial charge in [-0.15, -0.1) is 0 Å². The van der Waals surface area contributed by atoms with Crippen LogP contribution in [0, 0.1) is 23.7 Å². The number of carbonyl (C=O) groups is 10. The van der Waals surface area contributed by atoms with E-state index in [1.165, 1.54) is 0 Å². The molecule has 0 spiro atoms. The quantitative estimate of drug-likeness (QED) is 0.0190. The van der Waals surface area contributed by atoms with Crippen LogP contribution in [0.5, 0.6) is 0 Å². The van der Waals surface area contributed by atoms with Crippen molar-refractivity contribution < 1.29 is 72.0 Å². The average Bonchev–Trinajstić information content (AvgIpc) is 3.42. The highest BCUT2D eigenvalue weighted by Gasteiger charge is 2.35. The summed E-state index contributed by atoms with van der Waals surface area (Å²) in [6.07, 6.45) is -2.23. The number of alkyl carbamates (subject to hydrolysis) is 1. The zero-order valence-electron chi connectivity index (χ0n) is 43.8. The number of nitrogens with one attached hydrogen (secondary N) is 4. The number of ether oxygens (including phenoxy) is 4. The first-order valence-electron chi connectivity index (χ1n) is 25.7. The first-order valence-corrected chi connectivity index (χ1v) is 25.7. The Labute approximate surface area is 448 Å². The van der Waals surface area contributed by atoms with Crippen LogP contribution in [0.3, 0.4) is 0 Å². The Morgan fingerprint density at radius 2 is 0.948 bits per heavy atom. The topological polar surface area (TPSA) is 276 Å². The van der Waals surface area contributed by atoms with Crippen molar-refractivity contribution in [3.05, 3.63) is 144 Å². The van der Waals surface area contributed by atoms with Gasteiger partial charge in [0.1, 0.15) is 32.5 Å². The van der Waals surface area contributed by atoms with Gasteiger partial charge in [-0.3, -0.25) is 38.4 Å². The molecular weight excluding hydrogens is 993 g/mol. The van der Waals surface area contributed by atoms with Gasteiger partial charge in [0.2, 0.25) is 17.7 Å². The van der Waals surface area contributed by atoms with Crippen molar-refractivity contribution in [3.8, 4) is 0 Å². The number of hydrogen-bond donors (Lipinski definition) is 5. The number of aliphatic carboxylic acids is 1. The molecular formula is C58H70N4O15. The van der Waals surface area contributed by atoms with Crippen LogP contribution in [0.4, 0.5) is 4.79 Å². The zero-order valence-corrected chi connectivity index (χ0v) is 43.8. The largest absolute Gasteiger partial charge is 0.480 e. The lowest BCUT2D eigenvalue weighted by Gasteiger charge is -2.26. The van der Waals surface area contributed by atoms with E-state index >= 15 is 0 Å². The summed E-state index contributed by atoms with van der Waals surface area (Å²) in [6.45, 7) is 4.50. The van der Waals surface area contributed by atoms with E-state index in [1.807, 2.05) is 30.3 Å². The van der Waals surface area contributed by atoms with E-state index in [1.54, 1.807) is 112 Å². The van der Waals surface area contributed by atoms with Crippen LogP contribution in [-0.4, -0.2) is 89.5 Å². The Kier molecular flexibility index (Phi) is 26.8. The summed E-state index contributed by atoms with van der Waals surface area (Å²) in [5.74, 6) is -11.4. The number of Topliss-reactive ketones (excluding diaryl/α,β-unsaturated/α-hetero) is 2. The van der Waals surface area contributed by atoms with Crippen molar-refractivity contribution in [2.24, 2.45) is 23.7 Å². The molecule has 0 unspecified atom stereocenters. The second-order valence-electron chi connectivity index (χ2n) is 18.9. The average molecular weight is 1060 g/mol. The second-order valence-corrected chi connectivity index (χ2v) is 18.9. The molecule has 4 aromatic rings. The van der Waals surface area contributed by atoms with E-state index < -0.39 is 127 Å². The lowest BCUT2D eigenvalue weighted by molar-refractivity contribution is -0.151. The number of carbonyl (C=O) groups excluding carboxylic acids is 9. The minimum absolute atomic E-state index is 0.0826. The number of carboxylic acid groups (broad SMARTS) is 1. The van der Waals surface area contributed by atoms with Gasteiger partial charge < -0.3 is 45.3 Å². The van der Waals surface area contributed by atoms with Gasteiger partial charge in [-0.1, -0.05) is 149 Å². The minimum atomic E-state index is -1.72.